The topological polar surface area (TPSA) is 53.4 Å². The molecule has 156 valence electrons. The lowest BCUT2D eigenvalue weighted by molar-refractivity contribution is -0.137. The van der Waals surface area contributed by atoms with E-state index in [2.05, 4.69) is 24.3 Å². The summed E-state index contributed by atoms with van der Waals surface area (Å²) in [4.78, 5) is 18.7. The molecule has 1 saturated carbocycles. The molecule has 1 atom stereocenters. The number of carbonyl (C=O) groups excluding carboxylic acids is 1. The fourth-order valence-electron chi connectivity index (χ4n) is 3.74. The SMILES string of the molecule is CC(C)[C@H]1CN(C)C(=O)N1NC1(c2cn(-c3cccc(C(F)(F)F)c3)cn2)CC1. The van der Waals surface area contributed by atoms with Crippen molar-refractivity contribution in [2.45, 2.75) is 44.4 Å². The Hall–Kier alpha value is -2.55. The number of hydrazine groups is 1. The van der Waals surface area contributed by atoms with Crippen molar-refractivity contribution in [1.82, 2.24) is 24.9 Å². The van der Waals surface area contributed by atoms with E-state index in [1.54, 1.807) is 33.8 Å². The quantitative estimate of drug-likeness (QED) is 0.821. The average Bonchev–Trinajstić information content (AvgIpc) is 3.16. The maximum atomic E-state index is 13.0. The Bertz CT molecular complexity index is 919. The van der Waals surface area contributed by atoms with Gasteiger partial charge in [-0.05, 0) is 37.0 Å². The number of hydrogen-bond donors (Lipinski definition) is 1. The predicted octanol–water partition coefficient (Wildman–Crippen LogP) is 3.78. The molecule has 0 spiro atoms. The number of amides is 2. The van der Waals surface area contributed by atoms with Crippen LogP contribution >= 0.6 is 0 Å². The number of alkyl halides is 3. The summed E-state index contributed by atoms with van der Waals surface area (Å²) >= 11 is 0. The van der Waals surface area contributed by atoms with Crippen LogP contribution < -0.4 is 5.43 Å². The summed E-state index contributed by atoms with van der Waals surface area (Å²) in [6.07, 6.45) is 0.483. The van der Waals surface area contributed by atoms with Gasteiger partial charge in [-0.15, -0.1) is 0 Å². The van der Waals surface area contributed by atoms with Crippen LogP contribution in [0.2, 0.25) is 0 Å². The van der Waals surface area contributed by atoms with E-state index in [0.29, 0.717) is 12.2 Å². The van der Waals surface area contributed by atoms with Crippen LogP contribution in [0.1, 0.15) is 37.9 Å². The molecule has 4 rings (SSSR count). The number of nitrogens with one attached hydrogen (secondary N) is 1. The third-order valence-corrected chi connectivity index (χ3v) is 5.72. The number of benzene rings is 1. The Morgan fingerprint density at radius 2 is 2.00 bits per heavy atom. The van der Waals surface area contributed by atoms with Crippen LogP contribution in [0, 0.1) is 5.92 Å². The van der Waals surface area contributed by atoms with Crippen LogP contribution in [-0.4, -0.2) is 45.1 Å². The van der Waals surface area contributed by atoms with Crippen LogP contribution in [0.15, 0.2) is 36.8 Å². The number of imidazole rings is 1. The second-order valence-corrected chi connectivity index (χ2v) is 8.25. The molecule has 1 aliphatic heterocycles. The Kier molecular flexibility index (Phi) is 4.60. The minimum absolute atomic E-state index is 0.0514. The van der Waals surface area contributed by atoms with Gasteiger partial charge in [-0.1, -0.05) is 19.9 Å². The molecular formula is C20H24F3N5O. The van der Waals surface area contributed by atoms with Crippen LogP contribution in [0.4, 0.5) is 18.0 Å². The zero-order valence-corrected chi connectivity index (χ0v) is 16.6. The summed E-state index contributed by atoms with van der Waals surface area (Å²) < 4.78 is 40.6. The summed E-state index contributed by atoms with van der Waals surface area (Å²) in [5.74, 6) is 0.287. The molecule has 1 saturated heterocycles. The lowest BCUT2D eigenvalue weighted by Crippen LogP contribution is -2.52. The first-order valence-electron chi connectivity index (χ1n) is 9.65. The summed E-state index contributed by atoms with van der Waals surface area (Å²) in [6, 6.07) is 5.12. The normalized spacial score (nSPS) is 21.3. The molecule has 1 aliphatic carbocycles. The molecule has 29 heavy (non-hydrogen) atoms. The molecule has 2 aromatic rings. The number of likely N-dealkylation sites (N-methyl/N-ethyl adjacent to an activating group) is 1. The summed E-state index contributed by atoms with van der Waals surface area (Å²) in [5, 5.41) is 1.70. The third kappa shape index (κ3) is 3.59. The number of rotatable bonds is 5. The first-order chi connectivity index (χ1) is 13.6. The number of hydrogen-bond acceptors (Lipinski definition) is 3. The molecular weight excluding hydrogens is 383 g/mol. The number of carbonyl (C=O) groups is 1. The average molecular weight is 407 g/mol. The largest absolute Gasteiger partial charge is 0.416 e. The number of halogens is 3. The van der Waals surface area contributed by atoms with Crippen molar-refractivity contribution >= 4 is 6.03 Å². The Morgan fingerprint density at radius 3 is 2.62 bits per heavy atom. The number of aromatic nitrogens is 2. The molecule has 2 aliphatic rings. The highest BCUT2D eigenvalue weighted by Gasteiger charge is 2.51. The maximum absolute atomic E-state index is 13.0. The number of nitrogens with zero attached hydrogens (tertiary/aromatic N) is 4. The zero-order chi connectivity index (χ0) is 21.0. The summed E-state index contributed by atoms with van der Waals surface area (Å²) in [7, 11) is 1.78. The van der Waals surface area contributed by atoms with Gasteiger partial charge in [-0.3, -0.25) is 5.01 Å². The van der Waals surface area contributed by atoms with Crippen molar-refractivity contribution in [3.05, 3.63) is 48.0 Å². The van der Waals surface area contributed by atoms with E-state index in [9.17, 15) is 18.0 Å². The van der Waals surface area contributed by atoms with Crippen LogP contribution in [0.3, 0.4) is 0 Å². The highest BCUT2D eigenvalue weighted by Crippen LogP contribution is 2.46. The minimum atomic E-state index is -4.40. The van der Waals surface area contributed by atoms with E-state index < -0.39 is 17.3 Å². The van der Waals surface area contributed by atoms with Gasteiger partial charge in [0.2, 0.25) is 0 Å². The highest BCUT2D eigenvalue weighted by molar-refractivity contribution is 5.76. The van der Waals surface area contributed by atoms with Gasteiger partial charge < -0.3 is 9.47 Å². The van der Waals surface area contributed by atoms with Crippen molar-refractivity contribution < 1.29 is 18.0 Å². The van der Waals surface area contributed by atoms with Gasteiger partial charge in [-0.25, -0.2) is 15.2 Å². The van der Waals surface area contributed by atoms with Crippen molar-refractivity contribution in [2.24, 2.45) is 5.92 Å². The fraction of sp³-hybridized carbons (Fsp3) is 0.500. The molecule has 1 aromatic carbocycles. The predicted molar refractivity (Wildman–Crippen MR) is 101 cm³/mol. The monoisotopic (exact) mass is 407 g/mol. The molecule has 0 bridgehead atoms. The maximum Gasteiger partial charge on any atom is 0.416 e. The third-order valence-electron chi connectivity index (χ3n) is 5.72. The lowest BCUT2D eigenvalue weighted by Gasteiger charge is -2.30. The van der Waals surface area contributed by atoms with Crippen molar-refractivity contribution in [3.8, 4) is 5.69 Å². The first-order valence-corrected chi connectivity index (χ1v) is 9.65. The smallest absolute Gasteiger partial charge is 0.324 e. The van der Waals surface area contributed by atoms with Crippen molar-refractivity contribution in [1.29, 1.82) is 0 Å². The van der Waals surface area contributed by atoms with Gasteiger partial charge in [0.25, 0.3) is 0 Å². The summed E-state index contributed by atoms with van der Waals surface area (Å²) in [6.45, 7) is 4.81. The molecule has 0 unspecified atom stereocenters. The van der Waals surface area contributed by atoms with Gasteiger partial charge >= 0.3 is 12.2 Å². The van der Waals surface area contributed by atoms with Crippen molar-refractivity contribution in [3.63, 3.8) is 0 Å². The Balaban J connectivity index is 1.58. The second-order valence-electron chi connectivity index (χ2n) is 8.25. The van der Waals surface area contributed by atoms with Gasteiger partial charge in [0.05, 0.1) is 29.2 Å². The van der Waals surface area contributed by atoms with E-state index in [1.165, 1.54) is 12.4 Å². The lowest BCUT2D eigenvalue weighted by atomic mass is 10.1. The van der Waals surface area contributed by atoms with Gasteiger partial charge in [0.1, 0.15) is 0 Å². The molecule has 6 nitrogen and oxygen atoms in total. The van der Waals surface area contributed by atoms with Gasteiger partial charge in [0.15, 0.2) is 0 Å². The Morgan fingerprint density at radius 1 is 1.28 bits per heavy atom. The highest BCUT2D eigenvalue weighted by atomic mass is 19.4. The van der Waals surface area contributed by atoms with E-state index in [4.69, 9.17) is 0 Å². The van der Waals surface area contributed by atoms with Crippen LogP contribution in [-0.2, 0) is 11.7 Å². The minimum Gasteiger partial charge on any atom is -0.324 e. The van der Waals surface area contributed by atoms with Gasteiger partial charge in [-0.2, -0.15) is 13.2 Å². The van der Waals surface area contributed by atoms with E-state index in [-0.39, 0.29) is 18.0 Å². The zero-order valence-electron chi connectivity index (χ0n) is 16.6. The summed E-state index contributed by atoms with van der Waals surface area (Å²) in [5.41, 5.74) is 3.34. The molecule has 1 aromatic heterocycles. The first kappa shape index (κ1) is 19.8. The molecule has 0 radical (unpaired) electrons. The van der Waals surface area contributed by atoms with E-state index >= 15 is 0 Å². The Labute approximate surface area is 167 Å². The molecule has 2 heterocycles. The van der Waals surface area contributed by atoms with Crippen molar-refractivity contribution in [2.75, 3.05) is 13.6 Å². The van der Waals surface area contributed by atoms with Gasteiger partial charge in [0, 0.05) is 25.5 Å². The molecule has 1 N–H and O–H groups in total. The van der Waals surface area contributed by atoms with Crippen LogP contribution in [0.5, 0.6) is 0 Å². The fourth-order valence-corrected chi connectivity index (χ4v) is 3.74. The molecule has 2 fully saturated rings. The standard InChI is InChI=1S/C20H24F3N5O/c1-13(2)16-10-26(3)18(29)28(16)25-19(7-8-19)17-11-27(12-24-17)15-6-4-5-14(9-15)20(21,22)23/h4-6,9,11-13,16,25H,7-8,10H2,1-3H3/t16-/m1/s1. The second kappa shape index (κ2) is 6.76. The number of urea groups is 1. The molecule has 2 amide bonds. The van der Waals surface area contributed by atoms with E-state index in [0.717, 1.165) is 30.7 Å². The molecule has 9 heteroatoms. The van der Waals surface area contributed by atoms with E-state index in [1.807, 2.05) is 0 Å². The van der Waals surface area contributed by atoms with Crippen LogP contribution in [0.25, 0.3) is 5.69 Å².